The van der Waals surface area contributed by atoms with Gasteiger partial charge in [-0.25, -0.2) is 44.9 Å². The summed E-state index contributed by atoms with van der Waals surface area (Å²) in [6.07, 6.45) is 0. The van der Waals surface area contributed by atoms with Crippen LogP contribution in [0.15, 0.2) is 476 Å². The minimum Gasteiger partial charge on any atom is -0.456 e. The molecule has 25 aromatic rings. The summed E-state index contributed by atoms with van der Waals surface area (Å²) in [6.45, 7) is 14.0. The molecule has 0 saturated heterocycles. The summed E-state index contributed by atoms with van der Waals surface area (Å²) in [4.78, 5) is 45.1. The summed E-state index contributed by atoms with van der Waals surface area (Å²) < 4.78 is 12.8. The van der Waals surface area contributed by atoms with E-state index < -0.39 is 5.41 Å². The van der Waals surface area contributed by atoms with Gasteiger partial charge in [-0.2, -0.15) is 0 Å². The Labute approximate surface area is 868 Å². The summed E-state index contributed by atoms with van der Waals surface area (Å²) in [5.41, 5.74) is 44.8. The van der Waals surface area contributed by atoms with Gasteiger partial charge < -0.3 is 8.83 Å². The van der Waals surface area contributed by atoms with Gasteiger partial charge in [0.15, 0.2) is 52.4 Å². The van der Waals surface area contributed by atoms with Gasteiger partial charge in [0.05, 0.1) is 5.41 Å². The molecule has 0 aliphatic heterocycles. The van der Waals surface area contributed by atoms with E-state index in [0.29, 0.717) is 52.4 Å². The van der Waals surface area contributed by atoms with Crippen molar-refractivity contribution < 1.29 is 8.83 Å². The lowest BCUT2D eigenvalue weighted by Gasteiger charge is -2.31. The van der Waals surface area contributed by atoms with Crippen LogP contribution in [0.25, 0.3) is 235 Å². The second-order valence-corrected chi connectivity index (χ2v) is 41.2. The summed E-state index contributed by atoms with van der Waals surface area (Å²) in [5.74, 6) is 5.77. The third-order valence-electron chi connectivity index (χ3n) is 31.7. The van der Waals surface area contributed by atoms with Gasteiger partial charge in [-0.15, -0.1) is 0 Å². The molecule has 20 aromatic carbocycles. The van der Waals surface area contributed by atoms with Crippen LogP contribution in [0.5, 0.6) is 0 Å². The predicted octanol–water partition coefficient (Wildman–Crippen LogP) is 34.7. The first-order valence-corrected chi connectivity index (χ1v) is 51.4. The largest absolute Gasteiger partial charge is 0.456 e. The fourth-order valence-corrected chi connectivity index (χ4v) is 24.5. The van der Waals surface area contributed by atoms with Gasteiger partial charge >= 0.3 is 0 Å². The Morgan fingerprint density at radius 3 is 0.753 bits per heavy atom. The first kappa shape index (κ1) is 88.7. The zero-order valence-electron chi connectivity index (χ0n) is 83.3. The zero-order chi connectivity index (χ0) is 100. The molecule has 5 heterocycles. The number of furan rings is 2. The smallest absolute Gasteiger partial charge is 0.164 e. The molecule has 0 unspecified atom stereocenters. The zero-order valence-corrected chi connectivity index (χ0v) is 83.3. The Bertz CT molecular complexity index is 9580. The molecule has 0 bridgehead atoms. The van der Waals surface area contributed by atoms with Crippen molar-refractivity contribution in [2.75, 3.05) is 0 Å². The lowest BCUT2D eigenvalue weighted by molar-refractivity contribution is 0.660. The van der Waals surface area contributed by atoms with Crippen molar-refractivity contribution in [1.29, 1.82) is 0 Å². The second kappa shape index (κ2) is 34.9. The number of hydrogen-bond acceptors (Lipinski definition) is 11. The SMILES string of the molecule is CC1(C)c2ccccc2-c2c(-c3ccc4c(c3)C3(c5ccccc5-c5ccccc53)c3cc(-c5nc(-c6ccccc6)nc(-c6ccccc6)n5)ccc3-4)cccc21.CC1(C)c2ccccc2-c2c(-c3ccc4oc5ccc(-c6nc(-c7ccccc7)nc(-c7ccccc7)n6)cc5c4c3)cccc21.CC1(C)c2ccccc2-c2c(-c3ccc4oc5cccc(-c6nc(-c7ccccc7)nc(-c7ccccc7)n6)c5c4c3)cccc21. The minimum atomic E-state index is -0.545. The van der Waals surface area contributed by atoms with E-state index in [0.717, 1.165) is 99.5 Å². The van der Waals surface area contributed by atoms with Gasteiger partial charge in [-0.05, 0) is 205 Å². The van der Waals surface area contributed by atoms with E-state index in [1.165, 1.54) is 139 Å². The van der Waals surface area contributed by atoms with Crippen molar-refractivity contribution in [3.05, 3.63) is 523 Å². The molecular weight excluding hydrogens is 1830 g/mol. The van der Waals surface area contributed by atoms with Crippen molar-refractivity contribution in [3.8, 4) is 192 Å². The fourth-order valence-electron chi connectivity index (χ4n) is 24.5. The molecule has 5 aromatic heterocycles. The highest BCUT2D eigenvalue weighted by Gasteiger charge is 2.53. The van der Waals surface area contributed by atoms with Crippen LogP contribution in [0.1, 0.15) is 97.2 Å². The molecular formula is C139H95N9O2. The van der Waals surface area contributed by atoms with Crippen molar-refractivity contribution in [2.45, 2.75) is 63.2 Å². The lowest BCUT2D eigenvalue weighted by atomic mass is 9.70. The Hall–Kier alpha value is -19.0. The highest BCUT2D eigenvalue weighted by Crippen LogP contribution is 2.65. The van der Waals surface area contributed by atoms with Crippen LogP contribution in [0.2, 0.25) is 0 Å². The first-order valence-electron chi connectivity index (χ1n) is 51.4. The topological polar surface area (TPSA) is 142 Å². The summed E-state index contributed by atoms with van der Waals surface area (Å²) in [7, 11) is 0. The van der Waals surface area contributed by atoms with Crippen LogP contribution in [-0.2, 0) is 21.7 Å². The highest BCUT2D eigenvalue weighted by molar-refractivity contribution is 6.14. The maximum Gasteiger partial charge on any atom is 0.164 e. The fraction of sp³-hybridized carbons (Fsp3) is 0.0719. The van der Waals surface area contributed by atoms with Gasteiger partial charge in [0.1, 0.15) is 22.3 Å². The van der Waals surface area contributed by atoms with Gasteiger partial charge in [0.25, 0.3) is 0 Å². The van der Waals surface area contributed by atoms with Crippen molar-refractivity contribution in [2.24, 2.45) is 0 Å². The molecule has 0 saturated carbocycles. The molecule has 0 N–H and O–H groups in total. The molecule has 0 fully saturated rings. The Kier molecular flexibility index (Phi) is 20.6. The number of fused-ring (bicyclic) bond motifs is 25. The molecule has 5 aliphatic carbocycles. The van der Waals surface area contributed by atoms with Crippen LogP contribution in [0.4, 0.5) is 0 Å². The van der Waals surface area contributed by atoms with Gasteiger partial charge in [-0.1, -0.05) is 448 Å². The molecule has 11 heteroatoms. The van der Waals surface area contributed by atoms with Crippen LogP contribution in [0, 0.1) is 0 Å². The van der Waals surface area contributed by atoms with E-state index in [4.69, 9.17) is 53.7 Å². The van der Waals surface area contributed by atoms with Crippen molar-refractivity contribution in [1.82, 2.24) is 44.9 Å². The Morgan fingerprint density at radius 2 is 0.380 bits per heavy atom. The van der Waals surface area contributed by atoms with E-state index in [9.17, 15) is 0 Å². The number of benzene rings is 20. The van der Waals surface area contributed by atoms with Gasteiger partial charge in [-0.3, -0.25) is 0 Å². The van der Waals surface area contributed by atoms with E-state index in [1.807, 2.05) is 182 Å². The van der Waals surface area contributed by atoms with Crippen LogP contribution in [-0.4, -0.2) is 44.9 Å². The molecule has 0 atom stereocenters. The number of hydrogen-bond donors (Lipinski definition) is 0. The lowest BCUT2D eigenvalue weighted by Crippen LogP contribution is -2.26. The van der Waals surface area contributed by atoms with Crippen molar-refractivity contribution >= 4 is 43.9 Å². The van der Waals surface area contributed by atoms with Crippen LogP contribution < -0.4 is 0 Å². The quantitative estimate of drug-likeness (QED) is 0.115. The average molecular weight is 1920 g/mol. The molecule has 5 aliphatic rings. The van der Waals surface area contributed by atoms with Gasteiger partial charge in [0, 0.05) is 87.9 Å². The number of rotatable bonds is 12. The monoisotopic (exact) mass is 1920 g/mol. The standard InChI is InChI=1S/C55H37N3.2C42H29N3O/c1-54(2)44-24-12-11-22-43(44)50-38(23-15-27-47(50)54)36-28-30-41-42-31-29-37(53-57-51(34-16-5-3-6-17-34)56-52(58-53)35-18-7-4-8-19-35)33-49(42)55(48(41)32-36)45-25-13-9-20-39(45)40-21-10-14-26-46(40)55;1-42(2)33-20-10-9-17-30(33)37-29(18-11-21-34(37)42)28-23-24-35-32(25-28)38-31(19-12-22-36(38)46-35)41-44-39(26-13-5-3-6-14-26)43-40(45-41)27-15-7-4-8-16-27;1-42(2)34-18-10-9-16-31(34)38-30(17-11-19-35(38)42)28-20-22-36-32(24-28)33-25-29(21-23-37(33)46-36)41-44-39(26-12-5-3-6-13-26)43-40(45-41)27-14-7-4-8-15-27/h3-33H,1-2H3;2*3-25H,1-2H3. The van der Waals surface area contributed by atoms with E-state index >= 15 is 0 Å². The van der Waals surface area contributed by atoms with E-state index in [-0.39, 0.29) is 16.2 Å². The maximum absolute atomic E-state index is 6.45. The molecule has 0 amide bonds. The summed E-state index contributed by atoms with van der Waals surface area (Å²) in [5, 5.41) is 4.13. The Balaban J connectivity index is 0.000000109. The normalized spacial score (nSPS) is 13.6. The van der Waals surface area contributed by atoms with Crippen molar-refractivity contribution in [3.63, 3.8) is 0 Å². The van der Waals surface area contributed by atoms with E-state index in [2.05, 4.69) is 327 Å². The van der Waals surface area contributed by atoms with Crippen LogP contribution in [0.3, 0.4) is 0 Å². The third kappa shape index (κ3) is 14.3. The summed E-state index contributed by atoms with van der Waals surface area (Å²) >= 11 is 0. The maximum atomic E-state index is 6.45. The van der Waals surface area contributed by atoms with Crippen LogP contribution >= 0.6 is 0 Å². The summed E-state index contributed by atoms with van der Waals surface area (Å²) in [6, 6.07) is 165. The van der Waals surface area contributed by atoms with Gasteiger partial charge in [0.2, 0.25) is 0 Å². The minimum absolute atomic E-state index is 0.0506. The number of aromatic nitrogens is 9. The Morgan fingerprint density at radius 1 is 0.147 bits per heavy atom. The molecule has 708 valence electrons. The highest BCUT2D eigenvalue weighted by atomic mass is 16.3. The average Bonchev–Trinajstić information content (AvgIpc) is 1.50. The molecule has 150 heavy (non-hydrogen) atoms. The second-order valence-electron chi connectivity index (χ2n) is 41.2. The molecule has 1 spiro atoms. The molecule has 30 rings (SSSR count). The number of nitrogens with zero attached hydrogens (tertiary/aromatic N) is 9. The third-order valence-corrected chi connectivity index (χ3v) is 31.7. The molecule has 0 radical (unpaired) electrons. The van der Waals surface area contributed by atoms with E-state index in [1.54, 1.807) is 0 Å². The first-order chi connectivity index (χ1) is 73.6. The predicted molar refractivity (Wildman–Crippen MR) is 608 cm³/mol. The molecule has 11 nitrogen and oxygen atoms in total.